The molecule has 0 rings (SSSR count). The van der Waals surface area contributed by atoms with Crippen LogP contribution in [0.2, 0.25) is 0 Å². The fourth-order valence-electron chi connectivity index (χ4n) is 0.960. The van der Waals surface area contributed by atoms with E-state index in [-0.39, 0.29) is 0 Å². The van der Waals surface area contributed by atoms with Crippen LogP contribution >= 0.6 is 0 Å². The molecular formula is C7H19N3O2S. The van der Waals surface area contributed by atoms with Crippen LogP contribution in [0.4, 0.5) is 0 Å². The van der Waals surface area contributed by atoms with E-state index in [4.69, 9.17) is 0 Å². The van der Waals surface area contributed by atoms with Crippen molar-refractivity contribution in [1.29, 1.82) is 0 Å². The predicted molar refractivity (Wildman–Crippen MR) is 53.8 cm³/mol. The zero-order chi connectivity index (χ0) is 10.3. The van der Waals surface area contributed by atoms with E-state index in [1.54, 1.807) is 7.05 Å². The van der Waals surface area contributed by atoms with Gasteiger partial charge in [0.1, 0.15) is 0 Å². The number of hydrogen-bond donors (Lipinski definition) is 2. The standard InChI is InChI=1S/C7H19N3O2S/c1-4-10(5-2)13(11,12)9-7-6-8-3/h8-9H,4-7H2,1-3H3. The molecular weight excluding hydrogens is 190 g/mol. The molecule has 2 N–H and O–H groups in total. The molecule has 0 unspecified atom stereocenters. The first kappa shape index (κ1) is 12.8. The molecule has 0 aliphatic rings. The van der Waals surface area contributed by atoms with Crippen LogP contribution in [0.25, 0.3) is 0 Å². The molecule has 0 atom stereocenters. The first-order chi connectivity index (χ1) is 6.08. The van der Waals surface area contributed by atoms with Crippen molar-refractivity contribution in [1.82, 2.24) is 14.3 Å². The molecule has 6 heteroatoms. The predicted octanol–water partition coefficient (Wildman–Crippen LogP) is -0.618. The minimum absolute atomic E-state index is 0.426. The van der Waals surface area contributed by atoms with E-state index in [2.05, 4.69) is 10.0 Å². The number of rotatable bonds is 7. The molecule has 0 aliphatic heterocycles. The highest BCUT2D eigenvalue weighted by atomic mass is 32.2. The average Bonchev–Trinajstić information content (AvgIpc) is 2.06. The lowest BCUT2D eigenvalue weighted by atomic mass is 10.7. The summed E-state index contributed by atoms with van der Waals surface area (Å²) in [4.78, 5) is 0. The number of hydrogen-bond acceptors (Lipinski definition) is 3. The molecule has 80 valence electrons. The average molecular weight is 209 g/mol. The highest BCUT2D eigenvalue weighted by molar-refractivity contribution is 7.87. The Morgan fingerprint density at radius 2 is 1.69 bits per heavy atom. The topological polar surface area (TPSA) is 61.4 Å². The quantitative estimate of drug-likeness (QED) is 0.549. The minimum Gasteiger partial charge on any atom is -0.318 e. The summed E-state index contributed by atoms with van der Waals surface area (Å²) in [7, 11) is -1.47. The zero-order valence-electron chi connectivity index (χ0n) is 8.50. The molecule has 0 amide bonds. The van der Waals surface area contributed by atoms with Gasteiger partial charge in [-0.1, -0.05) is 13.8 Å². The molecule has 5 nitrogen and oxygen atoms in total. The SMILES string of the molecule is CCN(CC)S(=O)(=O)NCCNC. The van der Waals surface area contributed by atoms with E-state index in [0.29, 0.717) is 26.2 Å². The molecule has 0 saturated heterocycles. The summed E-state index contributed by atoms with van der Waals surface area (Å²) in [5.41, 5.74) is 0. The second-order valence-corrected chi connectivity index (χ2v) is 4.34. The Morgan fingerprint density at radius 3 is 2.08 bits per heavy atom. The van der Waals surface area contributed by atoms with E-state index in [1.807, 2.05) is 13.8 Å². The van der Waals surface area contributed by atoms with Gasteiger partial charge in [0.2, 0.25) is 0 Å². The molecule has 0 aromatic heterocycles. The van der Waals surface area contributed by atoms with E-state index >= 15 is 0 Å². The molecule has 0 heterocycles. The Bertz CT molecular complexity index is 212. The van der Waals surface area contributed by atoms with Gasteiger partial charge in [-0.05, 0) is 7.05 Å². The van der Waals surface area contributed by atoms with Crippen molar-refractivity contribution >= 4 is 10.2 Å². The van der Waals surface area contributed by atoms with E-state index in [0.717, 1.165) is 0 Å². The Hall–Kier alpha value is -0.170. The summed E-state index contributed by atoms with van der Waals surface area (Å²) >= 11 is 0. The third kappa shape index (κ3) is 4.56. The molecule has 0 fully saturated rings. The number of nitrogens with one attached hydrogen (secondary N) is 2. The van der Waals surface area contributed by atoms with Gasteiger partial charge in [0.15, 0.2) is 0 Å². The Labute approximate surface area is 80.7 Å². The van der Waals surface area contributed by atoms with Crippen LogP contribution in [0.1, 0.15) is 13.8 Å². The van der Waals surface area contributed by atoms with Crippen LogP contribution in [-0.4, -0.2) is 45.9 Å². The highest BCUT2D eigenvalue weighted by Crippen LogP contribution is 1.95. The monoisotopic (exact) mass is 209 g/mol. The molecule has 0 aliphatic carbocycles. The van der Waals surface area contributed by atoms with Crippen molar-refractivity contribution in [3.05, 3.63) is 0 Å². The third-order valence-corrected chi connectivity index (χ3v) is 3.47. The second-order valence-electron chi connectivity index (χ2n) is 2.59. The third-order valence-electron chi connectivity index (χ3n) is 1.70. The Morgan fingerprint density at radius 1 is 1.15 bits per heavy atom. The van der Waals surface area contributed by atoms with Crippen LogP contribution in [-0.2, 0) is 10.2 Å². The molecule has 0 bridgehead atoms. The van der Waals surface area contributed by atoms with Crippen molar-refractivity contribution in [2.45, 2.75) is 13.8 Å². The first-order valence-corrected chi connectivity index (χ1v) is 5.91. The summed E-state index contributed by atoms with van der Waals surface area (Å²) in [6.45, 7) is 5.72. The minimum atomic E-state index is -3.25. The van der Waals surface area contributed by atoms with Crippen LogP contribution in [0, 0.1) is 0 Å². The van der Waals surface area contributed by atoms with Gasteiger partial charge in [0, 0.05) is 26.2 Å². The summed E-state index contributed by atoms with van der Waals surface area (Å²) in [5, 5.41) is 2.87. The van der Waals surface area contributed by atoms with Crippen molar-refractivity contribution in [3.63, 3.8) is 0 Å². The van der Waals surface area contributed by atoms with Crippen LogP contribution in [0.3, 0.4) is 0 Å². The van der Waals surface area contributed by atoms with Crippen molar-refractivity contribution in [2.24, 2.45) is 0 Å². The summed E-state index contributed by atoms with van der Waals surface area (Å²) in [5.74, 6) is 0. The molecule has 0 saturated carbocycles. The van der Waals surface area contributed by atoms with Crippen molar-refractivity contribution < 1.29 is 8.42 Å². The van der Waals surface area contributed by atoms with E-state index in [9.17, 15) is 8.42 Å². The van der Waals surface area contributed by atoms with Crippen LogP contribution in [0.5, 0.6) is 0 Å². The fraction of sp³-hybridized carbons (Fsp3) is 1.00. The summed E-state index contributed by atoms with van der Waals surface area (Å²) in [6.07, 6.45) is 0. The Kier molecular flexibility index (Phi) is 6.23. The zero-order valence-corrected chi connectivity index (χ0v) is 9.32. The lowest BCUT2D eigenvalue weighted by Crippen LogP contribution is -2.42. The number of nitrogens with zero attached hydrogens (tertiary/aromatic N) is 1. The van der Waals surface area contributed by atoms with Gasteiger partial charge in [-0.2, -0.15) is 12.7 Å². The van der Waals surface area contributed by atoms with Gasteiger partial charge in [-0.3, -0.25) is 0 Å². The van der Waals surface area contributed by atoms with Crippen LogP contribution < -0.4 is 10.0 Å². The Balaban J connectivity index is 4.05. The van der Waals surface area contributed by atoms with Gasteiger partial charge in [-0.15, -0.1) is 0 Å². The van der Waals surface area contributed by atoms with Gasteiger partial charge in [-0.25, -0.2) is 4.72 Å². The maximum atomic E-state index is 11.5. The fourth-order valence-corrected chi connectivity index (χ4v) is 2.18. The van der Waals surface area contributed by atoms with Gasteiger partial charge >= 0.3 is 0 Å². The van der Waals surface area contributed by atoms with Gasteiger partial charge < -0.3 is 5.32 Å². The molecule has 13 heavy (non-hydrogen) atoms. The lowest BCUT2D eigenvalue weighted by molar-refractivity contribution is 0.435. The molecule has 0 radical (unpaired) electrons. The summed E-state index contributed by atoms with van der Waals surface area (Å²) < 4.78 is 26.8. The van der Waals surface area contributed by atoms with Gasteiger partial charge in [0.25, 0.3) is 10.2 Å². The van der Waals surface area contributed by atoms with E-state index in [1.165, 1.54) is 4.31 Å². The molecule has 0 spiro atoms. The maximum Gasteiger partial charge on any atom is 0.279 e. The van der Waals surface area contributed by atoms with Gasteiger partial charge in [0.05, 0.1) is 0 Å². The van der Waals surface area contributed by atoms with Crippen LogP contribution in [0.15, 0.2) is 0 Å². The molecule has 0 aromatic carbocycles. The van der Waals surface area contributed by atoms with Crippen molar-refractivity contribution in [3.8, 4) is 0 Å². The largest absolute Gasteiger partial charge is 0.318 e. The maximum absolute atomic E-state index is 11.5. The summed E-state index contributed by atoms with van der Waals surface area (Å²) in [6, 6.07) is 0. The molecule has 0 aromatic rings. The smallest absolute Gasteiger partial charge is 0.279 e. The van der Waals surface area contributed by atoms with Crippen molar-refractivity contribution in [2.75, 3.05) is 33.2 Å². The van der Waals surface area contributed by atoms with E-state index < -0.39 is 10.2 Å². The first-order valence-electron chi connectivity index (χ1n) is 4.47. The normalized spacial score (nSPS) is 12.3. The lowest BCUT2D eigenvalue weighted by Gasteiger charge is -2.18. The number of likely N-dealkylation sites (N-methyl/N-ethyl adjacent to an activating group) is 1. The highest BCUT2D eigenvalue weighted by Gasteiger charge is 2.16. The second kappa shape index (κ2) is 6.31.